The number of hydrazone groups is 1. The monoisotopic (exact) mass is 392 g/mol. The normalized spacial score (nSPS) is 10.6. The summed E-state index contributed by atoms with van der Waals surface area (Å²) < 4.78 is 21.1. The van der Waals surface area contributed by atoms with E-state index in [2.05, 4.69) is 10.5 Å². The number of nitrogens with one attached hydrogen (secondary N) is 1. The van der Waals surface area contributed by atoms with E-state index in [1.54, 1.807) is 30.3 Å². The highest BCUT2D eigenvalue weighted by Crippen LogP contribution is 2.35. The highest BCUT2D eigenvalue weighted by Gasteiger charge is 2.12. The maximum atomic E-state index is 12.3. The van der Waals surface area contributed by atoms with Gasteiger partial charge in [-0.25, -0.2) is 5.43 Å². The van der Waals surface area contributed by atoms with Crippen LogP contribution in [0, 0.1) is 0 Å². The van der Waals surface area contributed by atoms with E-state index in [1.165, 1.54) is 27.5 Å². The molecule has 27 heavy (non-hydrogen) atoms. The Bertz CT molecular complexity index is 839. The molecule has 0 saturated heterocycles. The first-order chi connectivity index (χ1) is 13.0. The second-order valence-corrected chi connectivity index (χ2v) is 5.64. The molecule has 0 fully saturated rings. The average Bonchev–Trinajstić information content (AvgIpc) is 2.67. The molecule has 2 rings (SSSR count). The molecule has 0 bridgehead atoms. The van der Waals surface area contributed by atoms with Gasteiger partial charge in [0.25, 0.3) is 5.91 Å². The van der Waals surface area contributed by atoms with Crippen LogP contribution in [0.5, 0.6) is 23.0 Å². The second kappa shape index (κ2) is 9.68. The van der Waals surface area contributed by atoms with E-state index < -0.39 is 0 Å². The van der Waals surface area contributed by atoms with Crippen molar-refractivity contribution < 1.29 is 23.7 Å². The molecule has 0 saturated carbocycles. The molecule has 0 aliphatic rings. The van der Waals surface area contributed by atoms with Crippen LogP contribution in [0.2, 0.25) is 5.02 Å². The van der Waals surface area contributed by atoms with Gasteiger partial charge in [0.2, 0.25) is 0 Å². The smallest absolute Gasteiger partial charge is 0.271 e. The highest BCUT2D eigenvalue weighted by atomic mass is 35.5. The molecule has 1 amide bonds. The lowest BCUT2D eigenvalue weighted by Crippen LogP contribution is -2.17. The first-order valence-electron chi connectivity index (χ1n) is 8.09. The third-order valence-electron chi connectivity index (χ3n) is 3.56. The van der Waals surface area contributed by atoms with Crippen LogP contribution in [-0.2, 0) is 0 Å². The molecule has 1 N–H and O–H groups in total. The predicted molar refractivity (Wildman–Crippen MR) is 104 cm³/mol. The van der Waals surface area contributed by atoms with E-state index in [0.29, 0.717) is 45.8 Å². The Kier molecular flexibility index (Phi) is 7.31. The molecule has 8 heteroatoms. The van der Waals surface area contributed by atoms with Gasteiger partial charge in [0.1, 0.15) is 0 Å². The molecule has 144 valence electrons. The highest BCUT2D eigenvalue weighted by molar-refractivity contribution is 6.32. The number of methoxy groups -OCH3 is 3. The van der Waals surface area contributed by atoms with Gasteiger partial charge in [0.05, 0.1) is 39.2 Å². The number of hydrogen-bond acceptors (Lipinski definition) is 6. The lowest BCUT2D eigenvalue weighted by atomic mass is 10.2. The van der Waals surface area contributed by atoms with E-state index in [4.69, 9.17) is 30.5 Å². The molecular weight excluding hydrogens is 372 g/mol. The lowest BCUT2D eigenvalue weighted by Gasteiger charge is -2.10. The van der Waals surface area contributed by atoms with Gasteiger partial charge in [-0.15, -0.1) is 0 Å². The maximum absolute atomic E-state index is 12.3. The summed E-state index contributed by atoms with van der Waals surface area (Å²) in [6.45, 7) is 2.31. The van der Waals surface area contributed by atoms with Gasteiger partial charge in [-0.05, 0) is 42.8 Å². The molecule has 0 aliphatic carbocycles. The number of carbonyl (C=O) groups excluding carboxylic acids is 1. The van der Waals surface area contributed by atoms with E-state index in [-0.39, 0.29) is 5.91 Å². The summed E-state index contributed by atoms with van der Waals surface area (Å²) in [6.07, 6.45) is 1.46. The molecule has 0 radical (unpaired) electrons. The first kappa shape index (κ1) is 20.4. The topological polar surface area (TPSA) is 78.4 Å². The summed E-state index contributed by atoms with van der Waals surface area (Å²) in [6, 6.07) is 8.23. The van der Waals surface area contributed by atoms with E-state index in [9.17, 15) is 4.79 Å². The van der Waals surface area contributed by atoms with Crippen LogP contribution in [0.15, 0.2) is 35.4 Å². The molecule has 2 aromatic carbocycles. The molecule has 7 nitrogen and oxygen atoms in total. The fraction of sp³-hybridized carbons (Fsp3) is 0.263. The van der Waals surface area contributed by atoms with Crippen LogP contribution in [0.4, 0.5) is 0 Å². The first-order valence-corrected chi connectivity index (χ1v) is 8.47. The van der Waals surface area contributed by atoms with Gasteiger partial charge < -0.3 is 18.9 Å². The number of carbonyl (C=O) groups is 1. The summed E-state index contributed by atoms with van der Waals surface area (Å²) in [4.78, 5) is 12.3. The van der Waals surface area contributed by atoms with Crippen molar-refractivity contribution in [3.8, 4) is 23.0 Å². The molecule has 2 aromatic rings. The number of benzene rings is 2. The zero-order valence-electron chi connectivity index (χ0n) is 15.5. The molecular formula is C19H21ClN2O5. The predicted octanol–water partition coefficient (Wildman–Crippen LogP) is 3.53. The minimum Gasteiger partial charge on any atom is -0.493 e. The Hall–Kier alpha value is -2.93. The van der Waals surface area contributed by atoms with Crippen molar-refractivity contribution in [1.29, 1.82) is 0 Å². The van der Waals surface area contributed by atoms with Crippen molar-refractivity contribution in [3.63, 3.8) is 0 Å². The Morgan fingerprint density at radius 2 is 1.81 bits per heavy atom. The van der Waals surface area contributed by atoms with E-state index in [1.807, 2.05) is 6.92 Å². The number of halogens is 1. The fourth-order valence-electron chi connectivity index (χ4n) is 2.33. The fourth-order valence-corrected chi connectivity index (χ4v) is 2.62. The number of rotatable bonds is 8. The van der Waals surface area contributed by atoms with Crippen molar-refractivity contribution in [3.05, 3.63) is 46.5 Å². The Morgan fingerprint density at radius 3 is 2.44 bits per heavy atom. The molecule has 0 aliphatic heterocycles. The zero-order chi connectivity index (χ0) is 19.8. The number of nitrogens with zero attached hydrogens (tertiary/aromatic N) is 1. The van der Waals surface area contributed by atoms with E-state index in [0.717, 1.165) is 0 Å². The summed E-state index contributed by atoms with van der Waals surface area (Å²) in [5, 5.41) is 4.33. The van der Waals surface area contributed by atoms with Gasteiger partial charge in [0, 0.05) is 5.56 Å². The van der Waals surface area contributed by atoms with E-state index >= 15 is 0 Å². The summed E-state index contributed by atoms with van der Waals surface area (Å²) in [5.74, 6) is 1.55. The van der Waals surface area contributed by atoms with Gasteiger partial charge >= 0.3 is 0 Å². The van der Waals surface area contributed by atoms with Crippen LogP contribution in [-0.4, -0.2) is 40.1 Å². The van der Waals surface area contributed by atoms with Gasteiger partial charge in [0.15, 0.2) is 23.0 Å². The third-order valence-corrected chi connectivity index (χ3v) is 3.84. The summed E-state index contributed by atoms with van der Waals surface area (Å²) in [7, 11) is 4.55. The molecule has 0 spiro atoms. The number of amides is 1. The Balaban J connectivity index is 2.13. The molecule has 0 atom stereocenters. The van der Waals surface area contributed by atoms with Crippen molar-refractivity contribution in [2.75, 3.05) is 27.9 Å². The minimum absolute atomic E-state index is 0.376. The van der Waals surface area contributed by atoms with Crippen molar-refractivity contribution >= 4 is 23.7 Å². The minimum atomic E-state index is -0.388. The molecule has 0 unspecified atom stereocenters. The average molecular weight is 393 g/mol. The largest absolute Gasteiger partial charge is 0.493 e. The van der Waals surface area contributed by atoms with Crippen molar-refractivity contribution in [2.24, 2.45) is 5.10 Å². The van der Waals surface area contributed by atoms with Gasteiger partial charge in [-0.1, -0.05) is 11.6 Å². The van der Waals surface area contributed by atoms with Gasteiger partial charge in [-0.3, -0.25) is 4.79 Å². The maximum Gasteiger partial charge on any atom is 0.271 e. The standard InChI is InChI=1S/C19H21ClN2O5/c1-5-27-16-10-13(6-7-15(16)24-2)19(23)22-21-11-12-8-14(20)18(26-4)17(9-12)25-3/h6-11H,5H2,1-4H3,(H,22,23)/b21-11+. The van der Waals surface area contributed by atoms with Crippen molar-refractivity contribution in [2.45, 2.75) is 6.92 Å². The SMILES string of the molecule is CCOc1cc(C(=O)N/N=C/c2cc(Cl)c(OC)c(OC)c2)ccc1OC. The number of ether oxygens (including phenoxy) is 4. The quantitative estimate of drug-likeness (QED) is 0.549. The Labute approximate surface area is 162 Å². The van der Waals surface area contributed by atoms with Crippen LogP contribution < -0.4 is 24.4 Å². The number of hydrogen-bond donors (Lipinski definition) is 1. The summed E-state index contributed by atoms with van der Waals surface area (Å²) >= 11 is 6.15. The lowest BCUT2D eigenvalue weighted by molar-refractivity contribution is 0.0954. The van der Waals surface area contributed by atoms with Crippen LogP contribution in [0.1, 0.15) is 22.8 Å². The van der Waals surface area contributed by atoms with Crippen LogP contribution in [0.3, 0.4) is 0 Å². The van der Waals surface area contributed by atoms with Crippen LogP contribution >= 0.6 is 11.6 Å². The zero-order valence-corrected chi connectivity index (χ0v) is 16.3. The Morgan fingerprint density at radius 1 is 1.07 bits per heavy atom. The van der Waals surface area contributed by atoms with Gasteiger partial charge in [-0.2, -0.15) is 5.10 Å². The summed E-state index contributed by atoms with van der Waals surface area (Å²) in [5.41, 5.74) is 3.49. The van der Waals surface area contributed by atoms with Crippen LogP contribution in [0.25, 0.3) is 0 Å². The second-order valence-electron chi connectivity index (χ2n) is 5.24. The van der Waals surface area contributed by atoms with Crippen molar-refractivity contribution in [1.82, 2.24) is 5.43 Å². The third kappa shape index (κ3) is 5.04. The molecule has 0 aromatic heterocycles. The molecule has 0 heterocycles.